The minimum absolute atomic E-state index is 0.155. The minimum Gasteiger partial charge on any atom is -0.292 e. The maximum atomic E-state index is 13.3. The Labute approximate surface area is 231 Å². The monoisotopic (exact) mass is 532 g/mol. The smallest absolute Gasteiger partial charge is 0.292 e. The second-order valence-corrected chi connectivity index (χ2v) is 11.0. The number of hydrogen-bond acceptors (Lipinski definition) is 2. The predicted octanol–water partition coefficient (Wildman–Crippen LogP) is 9.31. The lowest BCUT2D eigenvalue weighted by Gasteiger charge is -2.40. The minimum atomic E-state index is -4.39. The summed E-state index contributed by atoms with van der Waals surface area (Å²) in [6, 6.07) is 29.2. The van der Waals surface area contributed by atoms with Crippen molar-refractivity contribution in [3.8, 4) is 6.07 Å². The molecule has 1 fully saturated rings. The van der Waals surface area contributed by atoms with Crippen LogP contribution in [-0.4, -0.2) is 10.9 Å². The summed E-state index contributed by atoms with van der Waals surface area (Å²) in [5, 5.41) is 10.7. The lowest BCUT2D eigenvalue weighted by Crippen LogP contribution is -2.39. The van der Waals surface area contributed by atoms with Crippen LogP contribution in [0.5, 0.6) is 0 Å². The molecule has 1 aliphatic carbocycles. The van der Waals surface area contributed by atoms with Crippen molar-refractivity contribution < 1.29 is 13.2 Å². The van der Waals surface area contributed by atoms with E-state index in [4.69, 9.17) is 0 Å². The van der Waals surface area contributed by atoms with E-state index in [-0.39, 0.29) is 12.0 Å². The highest BCUT2D eigenvalue weighted by Crippen LogP contribution is 2.45. The Hall–Kier alpha value is -3.10. The average Bonchev–Trinajstić information content (AvgIpc) is 2.97. The van der Waals surface area contributed by atoms with Gasteiger partial charge in [0.05, 0.1) is 17.0 Å². The van der Waals surface area contributed by atoms with Gasteiger partial charge in [-0.2, -0.15) is 18.4 Å². The van der Waals surface area contributed by atoms with Crippen LogP contribution >= 0.6 is 0 Å². The molecule has 4 rings (SSSR count). The molecule has 3 aromatic carbocycles. The number of nitrogens with zero attached hydrogens (tertiary/aromatic N) is 2. The van der Waals surface area contributed by atoms with Gasteiger partial charge < -0.3 is 0 Å². The van der Waals surface area contributed by atoms with E-state index in [9.17, 15) is 18.4 Å². The molecule has 5 heteroatoms. The summed E-state index contributed by atoms with van der Waals surface area (Å²) in [5.41, 5.74) is 1.77. The second-order valence-electron chi connectivity index (χ2n) is 11.0. The first kappa shape index (κ1) is 28.9. The first-order chi connectivity index (χ1) is 18.9. The molecule has 2 atom stereocenters. The predicted molar refractivity (Wildman–Crippen MR) is 151 cm³/mol. The number of hydrogen-bond donors (Lipinski definition) is 0. The standard InChI is InChI=1S/C34H39F3N2/c1-2-32(39(24-27-12-6-3-7-13-27)25-28-14-8-4-9-15-28)22-23-33(26-38,29-16-10-5-11-17-29)30-18-20-31(21-19-30)34(35,36)37/h3-4,6-9,12-15,18-21,29,32H,2,5,10-11,16-17,22-25H2,1H3. The Balaban J connectivity index is 1.63. The third kappa shape index (κ3) is 7.31. The number of halogens is 3. The maximum Gasteiger partial charge on any atom is 0.416 e. The van der Waals surface area contributed by atoms with Gasteiger partial charge in [0.2, 0.25) is 0 Å². The summed E-state index contributed by atoms with van der Waals surface area (Å²) in [6.45, 7) is 3.80. The summed E-state index contributed by atoms with van der Waals surface area (Å²) in [7, 11) is 0. The molecular formula is C34H39F3N2. The molecule has 0 aromatic heterocycles. The van der Waals surface area contributed by atoms with Crippen LogP contribution in [0.3, 0.4) is 0 Å². The first-order valence-corrected chi connectivity index (χ1v) is 14.3. The van der Waals surface area contributed by atoms with Gasteiger partial charge in [-0.05, 0) is 66.8 Å². The molecule has 0 heterocycles. The molecule has 0 bridgehead atoms. The van der Waals surface area contributed by atoms with Crippen LogP contribution in [0.4, 0.5) is 13.2 Å². The molecule has 0 aliphatic heterocycles. The van der Waals surface area contributed by atoms with Gasteiger partial charge in [-0.25, -0.2) is 0 Å². The van der Waals surface area contributed by atoms with Crippen LogP contribution in [0, 0.1) is 17.2 Å². The Morgan fingerprint density at radius 1 is 0.795 bits per heavy atom. The van der Waals surface area contributed by atoms with Crippen molar-refractivity contribution in [2.45, 2.75) is 89.0 Å². The molecule has 3 aromatic rings. The number of alkyl halides is 3. The van der Waals surface area contributed by atoms with E-state index in [2.05, 4.69) is 66.4 Å². The van der Waals surface area contributed by atoms with Crippen LogP contribution < -0.4 is 0 Å². The Morgan fingerprint density at radius 2 is 1.31 bits per heavy atom. The van der Waals surface area contributed by atoms with E-state index >= 15 is 0 Å². The van der Waals surface area contributed by atoms with E-state index in [0.29, 0.717) is 6.42 Å². The second kappa shape index (κ2) is 13.3. The molecule has 0 saturated heterocycles. The summed E-state index contributed by atoms with van der Waals surface area (Å²) >= 11 is 0. The molecule has 39 heavy (non-hydrogen) atoms. The molecule has 0 amide bonds. The molecule has 206 valence electrons. The van der Waals surface area contributed by atoms with Gasteiger partial charge in [0.1, 0.15) is 0 Å². The van der Waals surface area contributed by atoms with E-state index < -0.39 is 17.2 Å². The quantitative estimate of drug-likeness (QED) is 0.246. The highest BCUT2D eigenvalue weighted by Gasteiger charge is 2.42. The van der Waals surface area contributed by atoms with Gasteiger partial charge in [0.25, 0.3) is 0 Å². The number of nitriles is 1. The van der Waals surface area contributed by atoms with Gasteiger partial charge >= 0.3 is 6.18 Å². The first-order valence-electron chi connectivity index (χ1n) is 14.3. The van der Waals surface area contributed by atoms with Crippen molar-refractivity contribution in [2.75, 3.05) is 0 Å². The third-order valence-corrected chi connectivity index (χ3v) is 8.55. The van der Waals surface area contributed by atoms with Gasteiger partial charge in [0, 0.05) is 19.1 Å². The molecule has 1 saturated carbocycles. The Kier molecular flexibility index (Phi) is 9.86. The van der Waals surface area contributed by atoms with Crippen LogP contribution in [0.2, 0.25) is 0 Å². The van der Waals surface area contributed by atoms with Crippen molar-refractivity contribution in [2.24, 2.45) is 5.92 Å². The fourth-order valence-electron chi connectivity index (χ4n) is 6.34. The van der Waals surface area contributed by atoms with Crippen molar-refractivity contribution in [1.82, 2.24) is 4.90 Å². The van der Waals surface area contributed by atoms with Crippen molar-refractivity contribution in [1.29, 1.82) is 5.26 Å². The maximum absolute atomic E-state index is 13.3. The molecule has 0 spiro atoms. The molecule has 2 nitrogen and oxygen atoms in total. The van der Waals surface area contributed by atoms with E-state index in [1.54, 1.807) is 12.1 Å². The van der Waals surface area contributed by atoms with Crippen molar-refractivity contribution >= 4 is 0 Å². The number of benzene rings is 3. The molecule has 0 N–H and O–H groups in total. The summed E-state index contributed by atoms with van der Waals surface area (Å²) < 4.78 is 40.0. The van der Waals surface area contributed by atoms with E-state index in [0.717, 1.165) is 75.7 Å². The SMILES string of the molecule is CCC(CCC(C#N)(c1ccc(C(F)(F)F)cc1)C1CCCCC1)N(Cc1ccccc1)Cc1ccccc1. The average molecular weight is 533 g/mol. The highest BCUT2D eigenvalue weighted by molar-refractivity contribution is 5.37. The van der Waals surface area contributed by atoms with Gasteiger partial charge in [-0.3, -0.25) is 4.90 Å². The molecule has 0 radical (unpaired) electrons. The van der Waals surface area contributed by atoms with Gasteiger partial charge in [0.15, 0.2) is 0 Å². The van der Waals surface area contributed by atoms with E-state index in [1.165, 1.54) is 11.1 Å². The zero-order chi connectivity index (χ0) is 27.7. The third-order valence-electron chi connectivity index (χ3n) is 8.55. The normalized spacial score (nSPS) is 16.9. The zero-order valence-electron chi connectivity index (χ0n) is 22.8. The highest BCUT2D eigenvalue weighted by atomic mass is 19.4. The van der Waals surface area contributed by atoms with Gasteiger partial charge in [-0.15, -0.1) is 0 Å². The summed E-state index contributed by atoms with van der Waals surface area (Å²) in [6.07, 6.45) is 3.18. The fourth-order valence-corrected chi connectivity index (χ4v) is 6.34. The largest absolute Gasteiger partial charge is 0.416 e. The summed E-state index contributed by atoms with van der Waals surface area (Å²) in [4.78, 5) is 2.50. The molecule has 2 unspecified atom stereocenters. The fraction of sp³-hybridized carbons (Fsp3) is 0.441. The molecular weight excluding hydrogens is 493 g/mol. The van der Waals surface area contributed by atoms with Crippen molar-refractivity contribution in [3.05, 3.63) is 107 Å². The van der Waals surface area contributed by atoms with Crippen LogP contribution in [0.1, 0.15) is 80.5 Å². The summed E-state index contributed by atoms with van der Waals surface area (Å²) in [5.74, 6) is 0.155. The Morgan fingerprint density at radius 3 is 1.77 bits per heavy atom. The van der Waals surface area contributed by atoms with E-state index in [1.807, 2.05) is 12.1 Å². The molecule has 1 aliphatic rings. The number of rotatable bonds is 11. The zero-order valence-corrected chi connectivity index (χ0v) is 22.8. The van der Waals surface area contributed by atoms with Crippen LogP contribution in [0.25, 0.3) is 0 Å². The van der Waals surface area contributed by atoms with Crippen LogP contribution in [0.15, 0.2) is 84.9 Å². The van der Waals surface area contributed by atoms with Gasteiger partial charge in [-0.1, -0.05) is 99.0 Å². The van der Waals surface area contributed by atoms with Crippen molar-refractivity contribution in [3.63, 3.8) is 0 Å². The topological polar surface area (TPSA) is 27.0 Å². The lowest BCUT2D eigenvalue weighted by atomic mass is 9.63. The van der Waals surface area contributed by atoms with Crippen LogP contribution in [-0.2, 0) is 24.7 Å². The Bertz CT molecular complexity index is 1140. The lowest BCUT2D eigenvalue weighted by molar-refractivity contribution is -0.137.